The molecule has 8 heteroatoms. The average molecular weight is 402 g/mol. The standard InChI is InChI=1S/C20H22N2O5S/c1-3-19(23)22-11-10-14-13-17(8-9-18(14)22)28(25,26)21-16-7-5-6-15(12-16)20(24)27-4-2/h5-9,12-13,21H,3-4,10-11H2,1-2H3. The molecule has 1 N–H and O–H groups in total. The van der Waals surface area contributed by atoms with Gasteiger partial charge in [-0.2, -0.15) is 0 Å². The van der Waals surface area contributed by atoms with Gasteiger partial charge in [-0.25, -0.2) is 13.2 Å². The zero-order valence-electron chi connectivity index (χ0n) is 15.8. The van der Waals surface area contributed by atoms with Crippen molar-refractivity contribution in [3.05, 3.63) is 53.6 Å². The number of anilines is 2. The molecule has 0 atom stereocenters. The Balaban J connectivity index is 1.84. The number of carbonyl (C=O) groups excluding carboxylic acids is 2. The smallest absolute Gasteiger partial charge is 0.338 e. The highest BCUT2D eigenvalue weighted by Crippen LogP contribution is 2.31. The van der Waals surface area contributed by atoms with Gasteiger partial charge in [0.25, 0.3) is 10.0 Å². The first-order valence-electron chi connectivity index (χ1n) is 9.09. The van der Waals surface area contributed by atoms with Crippen molar-refractivity contribution in [3.8, 4) is 0 Å². The summed E-state index contributed by atoms with van der Waals surface area (Å²) in [6.07, 6.45) is 1.01. The Morgan fingerprint density at radius 2 is 1.93 bits per heavy atom. The normalized spacial score (nSPS) is 13.1. The van der Waals surface area contributed by atoms with Gasteiger partial charge in [0.1, 0.15) is 0 Å². The summed E-state index contributed by atoms with van der Waals surface area (Å²) in [6, 6.07) is 10.9. The van der Waals surface area contributed by atoms with Crippen LogP contribution in [0.4, 0.5) is 11.4 Å². The van der Waals surface area contributed by atoms with Crippen LogP contribution in [0.15, 0.2) is 47.4 Å². The van der Waals surface area contributed by atoms with E-state index in [2.05, 4.69) is 4.72 Å². The molecule has 7 nitrogen and oxygen atoms in total. The van der Waals surface area contributed by atoms with E-state index in [0.29, 0.717) is 19.4 Å². The van der Waals surface area contributed by atoms with Gasteiger partial charge in [0.05, 0.1) is 17.1 Å². The molecule has 0 radical (unpaired) electrons. The summed E-state index contributed by atoms with van der Waals surface area (Å²) >= 11 is 0. The number of carbonyl (C=O) groups is 2. The van der Waals surface area contributed by atoms with Gasteiger partial charge < -0.3 is 9.64 Å². The zero-order chi connectivity index (χ0) is 20.3. The van der Waals surface area contributed by atoms with Crippen LogP contribution in [-0.2, 0) is 26.0 Å². The predicted octanol–water partition coefficient (Wildman–Crippen LogP) is 2.96. The van der Waals surface area contributed by atoms with E-state index in [1.807, 2.05) is 0 Å². The second-order valence-electron chi connectivity index (χ2n) is 6.35. The Morgan fingerprint density at radius 1 is 1.14 bits per heavy atom. The fraction of sp³-hybridized carbons (Fsp3) is 0.300. The Morgan fingerprint density at radius 3 is 2.64 bits per heavy atom. The Labute approximate surface area is 164 Å². The fourth-order valence-corrected chi connectivity index (χ4v) is 4.23. The number of nitrogens with one attached hydrogen (secondary N) is 1. The third-order valence-electron chi connectivity index (χ3n) is 4.49. The number of fused-ring (bicyclic) bond motifs is 1. The highest BCUT2D eigenvalue weighted by atomic mass is 32.2. The summed E-state index contributed by atoms with van der Waals surface area (Å²) in [5.74, 6) is -0.495. The van der Waals surface area contributed by atoms with Crippen molar-refractivity contribution in [2.75, 3.05) is 22.8 Å². The fourth-order valence-electron chi connectivity index (χ4n) is 3.13. The summed E-state index contributed by atoms with van der Waals surface area (Å²) in [7, 11) is -3.84. The summed E-state index contributed by atoms with van der Waals surface area (Å²) < 4.78 is 33.0. The first-order valence-corrected chi connectivity index (χ1v) is 10.6. The van der Waals surface area contributed by atoms with E-state index in [1.54, 1.807) is 49.1 Å². The molecule has 1 aliphatic heterocycles. The van der Waals surface area contributed by atoms with Gasteiger partial charge in [-0.05, 0) is 55.3 Å². The number of benzene rings is 2. The van der Waals surface area contributed by atoms with Gasteiger partial charge in [0.2, 0.25) is 5.91 Å². The second-order valence-corrected chi connectivity index (χ2v) is 8.03. The predicted molar refractivity (Wildman–Crippen MR) is 106 cm³/mol. The van der Waals surface area contributed by atoms with Gasteiger partial charge in [0, 0.05) is 24.3 Å². The molecule has 0 spiro atoms. The van der Waals surface area contributed by atoms with E-state index < -0.39 is 16.0 Å². The van der Waals surface area contributed by atoms with Crippen LogP contribution in [0.3, 0.4) is 0 Å². The third-order valence-corrected chi connectivity index (χ3v) is 5.87. The summed E-state index contributed by atoms with van der Waals surface area (Å²) in [4.78, 5) is 25.6. The molecular weight excluding hydrogens is 380 g/mol. The van der Waals surface area contributed by atoms with Gasteiger partial charge in [-0.3, -0.25) is 9.52 Å². The molecule has 2 aromatic rings. The number of hydrogen-bond acceptors (Lipinski definition) is 5. The lowest BCUT2D eigenvalue weighted by Crippen LogP contribution is -2.27. The molecule has 1 aliphatic rings. The Kier molecular flexibility index (Phi) is 5.69. The van der Waals surface area contributed by atoms with Crippen molar-refractivity contribution in [1.29, 1.82) is 0 Å². The van der Waals surface area contributed by atoms with Crippen LogP contribution in [0.5, 0.6) is 0 Å². The number of nitrogens with zero attached hydrogens (tertiary/aromatic N) is 1. The number of ether oxygens (including phenoxy) is 1. The van der Waals surface area contributed by atoms with Crippen LogP contribution in [0, 0.1) is 0 Å². The van der Waals surface area contributed by atoms with E-state index in [4.69, 9.17) is 4.74 Å². The zero-order valence-corrected chi connectivity index (χ0v) is 16.6. The van der Waals surface area contributed by atoms with Crippen LogP contribution in [0.1, 0.15) is 36.2 Å². The van der Waals surface area contributed by atoms with Crippen molar-refractivity contribution in [2.24, 2.45) is 0 Å². The minimum atomic E-state index is -3.84. The van der Waals surface area contributed by atoms with Gasteiger partial charge in [-0.15, -0.1) is 0 Å². The van der Waals surface area contributed by atoms with E-state index in [0.717, 1.165) is 11.3 Å². The molecule has 0 saturated carbocycles. The maximum absolute atomic E-state index is 12.8. The van der Waals surface area contributed by atoms with E-state index in [-0.39, 0.29) is 28.7 Å². The number of sulfonamides is 1. The summed E-state index contributed by atoms with van der Waals surface area (Å²) in [5, 5.41) is 0. The highest BCUT2D eigenvalue weighted by molar-refractivity contribution is 7.92. The molecule has 1 heterocycles. The van der Waals surface area contributed by atoms with Crippen LogP contribution in [-0.4, -0.2) is 33.4 Å². The maximum atomic E-state index is 12.8. The molecule has 1 amide bonds. The quantitative estimate of drug-likeness (QED) is 0.750. The maximum Gasteiger partial charge on any atom is 0.338 e. The molecule has 0 aromatic heterocycles. The first-order chi connectivity index (χ1) is 13.4. The van der Waals surface area contributed by atoms with Crippen LogP contribution >= 0.6 is 0 Å². The number of rotatable bonds is 6. The molecular formula is C20H22N2O5S. The lowest BCUT2D eigenvalue weighted by atomic mass is 10.2. The molecule has 0 saturated heterocycles. The minimum Gasteiger partial charge on any atom is -0.462 e. The number of esters is 1. The van der Waals surface area contributed by atoms with E-state index >= 15 is 0 Å². The molecule has 2 aromatic carbocycles. The first kappa shape index (κ1) is 19.9. The van der Waals surface area contributed by atoms with Gasteiger partial charge >= 0.3 is 5.97 Å². The topological polar surface area (TPSA) is 92.8 Å². The van der Waals surface area contributed by atoms with Crippen LogP contribution in [0.2, 0.25) is 0 Å². The van der Waals surface area contributed by atoms with Crippen molar-refractivity contribution in [3.63, 3.8) is 0 Å². The molecule has 28 heavy (non-hydrogen) atoms. The van der Waals surface area contributed by atoms with Crippen molar-refractivity contribution in [2.45, 2.75) is 31.6 Å². The Bertz CT molecular complexity index is 1020. The monoisotopic (exact) mass is 402 g/mol. The second kappa shape index (κ2) is 8.02. The SMILES string of the molecule is CCOC(=O)c1cccc(NS(=O)(=O)c2ccc3c(c2)CCN3C(=O)CC)c1. The van der Waals surface area contributed by atoms with Crippen molar-refractivity contribution < 1.29 is 22.7 Å². The van der Waals surface area contributed by atoms with Crippen LogP contribution in [0.25, 0.3) is 0 Å². The van der Waals surface area contributed by atoms with Crippen LogP contribution < -0.4 is 9.62 Å². The summed E-state index contributed by atoms with van der Waals surface area (Å²) in [6.45, 7) is 4.29. The average Bonchev–Trinajstić information content (AvgIpc) is 3.10. The van der Waals surface area contributed by atoms with Gasteiger partial charge in [-0.1, -0.05) is 13.0 Å². The molecule has 0 fully saturated rings. The van der Waals surface area contributed by atoms with Gasteiger partial charge in [0.15, 0.2) is 0 Å². The third kappa shape index (κ3) is 4.01. The number of hydrogen-bond donors (Lipinski definition) is 1. The molecule has 148 valence electrons. The molecule has 0 unspecified atom stereocenters. The minimum absolute atomic E-state index is 0.0169. The lowest BCUT2D eigenvalue weighted by molar-refractivity contribution is -0.118. The summed E-state index contributed by atoms with van der Waals surface area (Å²) in [5.41, 5.74) is 2.12. The molecule has 3 rings (SSSR count). The van der Waals surface area contributed by atoms with Crippen molar-refractivity contribution >= 4 is 33.3 Å². The number of amides is 1. The molecule has 0 bridgehead atoms. The highest BCUT2D eigenvalue weighted by Gasteiger charge is 2.26. The lowest BCUT2D eigenvalue weighted by Gasteiger charge is -2.16. The van der Waals surface area contributed by atoms with E-state index in [1.165, 1.54) is 12.1 Å². The molecule has 0 aliphatic carbocycles. The largest absolute Gasteiger partial charge is 0.462 e. The Hall–Kier alpha value is -2.87. The van der Waals surface area contributed by atoms with E-state index in [9.17, 15) is 18.0 Å². The van der Waals surface area contributed by atoms with Crippen molar-refractivity contribution in [1.82, 2.24) is 0 Å².